The van der Waals surface area contributed by atoms with Crippen LogP contribution in [-0.2, 0) is 6.42 Å². The van der Waals surface area contributed by atoms with Crippen LogP contribution in [-0.4, -0.2) is 36.6 Å². The summed E-state index contributed by atoms with van der Waals surface area (Å²) in [5.41, 5.74) is 1.48. The fourth-order valence-corrected chi connectivity index (χ4v) is 3.06. The van der Waals surface area contributed by atoms with E-state index >= 15 is 0 Å². The van der Waals surface area contributed by atoms with Crippen LogP contribution in [0.5, 0.6) is 0 Å². The first-order chi connectivity index (χ1) is 7.27. The quantitative estimate of drug-likeness (QED) is 0.844. The van der Waals surface area contributed by atoms with Crippen molar-refractivity contribution in [1.82, 2.24) is 10.2 Å². The predicted octanol–water partition coefficient (Wildman–Crippen LogP) is 1.97. The number of hydrogen-bond acceptors (Lipinski definition) is 3. The normalized spacial score (nSPS) is 25.3. The largest absolute Gasteiger partial charge is 0.314 e. The Hall–Kier alpha value is -0.380. The molecule has 0 aromatic carbocycles. The summed E-state index contributed by atoms with van der Waals surface area (Å²) in [6, 6.07) is 3.58. The predicted molar refractivity (Wildman–Crippen MR) is 66.5 cm³/mol. The van der Waals surface area contributed by atoms with Gasteiger partial charge in [-0.25, -0.2) is 0 Å². The average Bonchev–Trinajstić information content (AvgIpc) is 2.71. The lowest BCUT2D eigenvalue weighted by Crippen LogP contribution is -2.53. The highest BCUT2D eigenvalue weighted by molar-refractivity contribution is 7.07. The van der Waals surface area contributed by atoms with Crippen LogP contribution in [0.2, 0.25) is 0 Å². The maximum atomic E-state index is 3.44. The smallest absolute Gasteiger partial charge is 0.0195 e. The molecule has 0 radical (unpaired) electrons. The Bertz CT molecular complexity index is 284. The summed E-state index contributed by atoms with van der Waals surface area (Å²) in [7, 11) is 0. The molecule has 1 aliphatic rings. The highest BCUT2D eigenvalue weighted by atomic mass is 32.1. The van der Waals surface area contributed by atoms with E-state index < -0.39 is 0 Å². The van der Waals surface area contributed by atoms with E-state index in [9.17, 15) is 0 Å². The molecule has 15 heavy (non-hydrogen) atoms. The summed E-state index contributed by atoms with van der Waals surface area (Å²) in [5.74, 6) is 0. The van der Waals surface area contributed by atoms with Gasteiger partial charge in [-0.1, -0.05) is 0 Å². The third kappa shape index (κ3) is 2.80. The van der Waals surface area contributed by atoms with Crippen LogP contribution in [0, 0.1) is 0 Å². The van der Waals surface area contributed by atoms with E-state index in [1.165, 1.54) is 18.5 Å². The van der Waals surface area contributed by atoms with Crippen LogP contribution in [0.3, 0.4) is 0 Å². The van der Waals surface area contributed by atoms with E-state index in [-0.39, 0.29) is 0 Å². The summed E-state index contributed by atoms with van der Waals surface area (Å²) in [6.45, 7) is 8.12. The van der Waals surface area contributed by atoms with Crippen LogP contribution in [0.1, 0.15) is 19.4 Å². The molecule has 1 fully saturated rings. The number of thiophene rings is 1. The topological polar surface area (TPSA) is 15.3 Å². The molecule has 1 aromatic rings. The molecule has 2 nitrogen and oxygen atoms in total. The first-order valence-electron chi connectivity index (χ1n) is 5.75. The van der Waals surface area contributed by atoms with Gasteiger partial charge in [0.25, 0.3) is 0 Å². The van der Waals surface area contributed by atoms with Gasteiger partial charge >= 0.3 is 0 Å². The summed E-state index contributed by atoms with van der Waals surface area (Å²) in [4.78, 5) is 2.62. The van der Waals surface area contributed by atoms with Crippen molar-refractivity contribution in [2.45, 2.75) is 32.4 Å². The highest BCUT2D eigenvalue weighted by Gasteiger charge is 2.22. The average molecular weight is 224 g/mol. The van der Waals surface area contributed by atoms with Gasteiger partial charge in [-0.05, 0) is 42.7 Å². The summed E-state index contributed by atoms with van der Waals surface area (Å²) < 4.78 is 0. The second-order valence-electron chi connectivity index (χ2n) is 4.48. The van der Waals surface area contributed by atoms with Crippen LogP contribution in [0.25, 0.3) is 0 Å². The van der Waals surface area contributed by atoms with E-state index in [4.69, 9.17) is 0 Å². The van der Waals surface area contributed by atoms with Crippen LogP contribution in [0.15, 0.2) is 16.8 Å². The number of rotatable bonds is 3. The number of hydrogen-bond donors (Lipinski definition) is 1. The SMILES string of the molecule is CC1CNCCN1C(C)Cc1ccsc1. The van der Waals surface area contributed by atoms with Crippen molar-refractivity contribution in [3.63, 3.8) is 0 Å². The van der Waals surface area contributed by atoms with Crippen molar-refractivity contribution < 1.29 is 0 Å². The lowest BCUT2D eigenvalue weighted by Gasteiger charge is -2.38. The summed E-state index contributed by atoms with van der Waals surface area (Å²) in [5, 5.41) is 7.88. The van der Waals surface area contributed by atoms with Crippen LogP contribution >= 0.6 is 11.3 Å². The molecule has 1 saturated heterocycles. The molecular formula is C12H20N2S. The summed E-state index contributed by atoms with van der Waals surface area (Å²) in [6.07, 6.45) is 1.19. The molecule has 3 heteroatoms. The second-order valence-corrected chi connectivity index (χ2v) is 5.26. The number of nitrogens with zero attached hydrogens (tertiary/aromatic N) is 1. The minimum atomic E-state index is 0.664. The maximum absolute atomic E-state index is 3.44. The van der Waals surface area contributed by atoms with Gasteiger partial charge in [0.2, 0.25) is 0 Å². The first kappa shape index (κ1) is 11.1. The molecule has 0 bridgehead atoms. The van der Waals surface area contributed by atoms with Crippen molar-refractivity contribution in [2.24, 2.45) is 0 Å². The van der Waals surface area contributed by atoms with Crippen molar-refractivity contribution in [1.29, 1.82) is 0 Å². The fraction of sp³-hybridized carbons (Fsp3) is 0.667. The lowest BCUT2D eigenvalue weighted by atomic mass is 10.1. The minimum Gasteiger partial charge on any atom is -0.314 e. The zero-order chi connectivity index (χ0) is 10.7. The van der Waals surface area contributed by atoms with Gasteiger partial charge in [-0.3, -0.25) is 4.90 Å². The molecule has 2 rings (SSSR count). The zero-order valence-corrected chi connectivity index (χ0v) is 10.4. The van der Waals surface area contributed by atoms with Crippen molar-refractivity contribution >= 4 is 11.3 Å². The Morgan fingerprint density at radius 1 is 1.67 bits per heavy atom. The zero-order valence-electron chi connectivity index (χ0n) is 9.57. The van der Waals surface area contributed by atoms with Gasteiger partial charge in [0.1, 0.15) is 0 Å². The molecule has 1 N–H and O–H groups in total. The molecular weight excluding hydrogens is 204 g/mol. The lowest BCUT2D eigenvalue weighted by molar-refractivity contribution is 0.125. The van der Waals surface area contributed by atoms with Crippen molar-refractivity contribution in [3.05, 3.63) is 22.4 Å². The maximum Gasteiger partial charge on any atom is 0.0195 e. The molecule has 0 spiro atoms. The van der Waals surface area contributed by atoms with E-state index in [1.54, 1.807) is 11.3 Å². The number of piperazine rings is 1. The second kappa shape index (κ2) is 5.10. The Labute approximate surface area is 96.3 Å². The van der Waals surface area contributed by atoms with E-state index in [1.807, 2.05) is 0 Å². The van der Waals surface area contributed by atoms with E-state index in [0.29, 0.717) is 12.1 Å². The minimum absolute atomic E-state index is 0.664. The van der Waals surface area contributed by atoms with Crippen LogP contribution < -0.4 is 5.32 Å². The van der Waals surface area contributed by atoms with Gasteiger partial charge < -0.3 is 5.32 Å². The Morgan fingerprint density at radius 2 is 2.53 bits per heavy atom. The molecule has 84 valence electrons. The van der Waals surface area contributed by atoms with E-state index in [0.717, 1.165) is 13.1 Å². The van der Waals surface area contributed by atoms with Gasteiger partial charge in [0.15, 0.2) is 0 Å². The Morgan fingerprint density at radius 3 is 3.20 bits per heavy atom. The monoisotopic (exact) mass is 224 g/mol. The van der Waals surface area contributed by atoms with E-state index in [2.05, 4.69) is 40.9 Å². The molecule has 1 aliphatic heterocycles. The Balaban J connectivity index is 1.91. The van der Waals surface area contributed by atoms with Crippen molar-refractivity contribution in [2.75, 3.05) is 19.6 Å². The third-order valence-electron chi connectivity index (χ3n) is 3.23. The van der Waals surface area contributed by atoms with Gasteiger partial charge in [0.05, 0.1) is 0 Å². The summed E-state index contributed by atoms with van der Waals surface area (Å²) >= 11 is 1.80. The molecule has 0 saturated carbocycles. The van der Waals surface area contributed by atoms with Gasteiger partial charge in [-0.2, -0.15) is 11.3 Å². The first-order valence-corrected chi connectivity index (χ1v) is 6.69. The van der Waals surface area contributed by atoms with Gasteiger partial charge in [0, 0.05) is 31.7 Å². The third-order valence-corrected chi connectivity index (χ3v) is 3.96. The van der Waals surface area contributed by atoms with Crippen LogP contribution in [0.4, 0.5) is 0 Å². The molecule has 0 aliphatic carbocycles. The molecule has 2 atom stereocenters. The molecule has 1 aromatic heterocycles. The fourth-order valence-electron chi connectivity index (χ4n) is 2.38. The van der Waals surface area contributed by atoms with Crippen molar-refractivity contribution in [3.8, 4) is 0 Å². The number of nitrogens with one attached hydrogen (secondary N) is 1. The molecule has 0 amide bonds. The van der Waals surface area contributed by atoms with Gasteiger partial charge in [-0.15, -0.1) is 0 Å². The molecule has 2 heterocycles. The standard InChI is InChI=1S/C12H20N2S/c1-10(7-12-3-6-15-9-12)14-5-4-13-8-11(14)2/h3,6,9-11,13H,4-5,7-8H2,1-2H3. The molecule has 2 unspecified atom stereocenters. The Kier molecular flexibility index (Phi) is 3.78. The highest BCUT2D eigenvalue weighted by Crippen LogP contribution is 2.15.